The van der Waals surface area contributed by atoms with Gasteiger partial charge in [0, 0.05) is 30.0 Å². The molecule has 0 amide bonds. The van der Waals surface area contributed by atoms with Crippen LogP contribution in [0.2, 0.25) is 5.02 Å². The van der Waals surface area contributed by atoms with Gasteiger partial charge < -0.3 is 5.32 Å². The Morgan fingerprint density at radius 3 is 2.61 bits per heavy atom. The zero-order valence-electron chi connectivity index (χ0n) is 10.7. The molecule has 0 aliphatic carbocycles. The van der Waals surface area contributed by atoms with Crippen LogP contribution in [-0.2, 0) is 6.54 Å². The molecule has 2 rings (SSSR count). The molecule has 0 fully saturated rings. The van der Waals surface area contributed by atoms with Crippen molar-refractivity contribution in [1.82, 2.24) is 10.3 Å². The van der Waals surface area contributed by atoms with Crippen molar-refractivity contribution in [3.8, 4) is 0 Å². The topological polar surface area (TPSA) is 24.9 Å². The molecule has 0 saturated heterocycles. The molecule has 1 aromatic heterocycles. The smallest absolute Gasteiger partial charge is 0.0408 e. The lowest BCUT2D eigenvalue weighted by Crippen LogP contribution is -2.18. The summed E-state index contributed by atoms with van der Waals surface area (Å²) in [7, 11) is 0. The van der Waals surface area contributed by atoms with Gasteiger partial charge in [0.15, 0.2) is 0 Å². The van der Waals surface area contributed by atoms with Gasteiger partial charge in [-0.05, 0) is 54.8 Å². The van der Waals surface area contributed by atoms with Gasteiger partial charge in [0.1, 0.15) is 0 Å². The number of hydrogen-bond donors (Lipinski definition) is 1. The summed E-state index contributed by atoms with van der Waals surface area (Å²) in [6, 6.07) is 10.4. The minimum atomic E-state index is 0.308. The molecule has 1 atom stereocenters. The zero-order valence-corrected chi connectivity index (χ0v) is 11.4. The van der Waals surface area contributed by atoms with E-state index in [2.05, 4.69) is 30.2 Å². The lowest BCUT2D eigenvalue weighted by Gasteiger charge is -2.15. The predicted octanol–water partition coefficient (Wildman–Crippen LogP) is 3.89. The fraction of sp³-hybridized carbons (Fsp3) is 0.267. The molecular formula is C15H17ClN2. The predicted molar refractivity (Wildman–Crippen MR) is 75.7 cm³/mol. The standard InChI is InChI=1S/C15H17ClN2/c1-11-9-15(16)4-3-14(11)10-18-12(2)13-5-7-17-8-6-13/h3-9,12,18H,10H2,1-2H3. The summed E-state index contributed by atoms with van der Waals surface area (Å²) in [6.45, 7) is 5.08. The molecule has 2 nitrogen and oxygen atoms in total. The summed E-state index contributed by atoms with van der Waals surface area (Å²) < 4.78 is 0. The molecule has 0 radical (unpaired) electrons. The van der Waals surface area contributed by atoms with Crippen molar-refractivity contribution < 1.29 is 0 Å². The number of hydrogen-bond acceptors (Lipinski definition) is 2. The second-order valence-corrected chi connectivity index (χ2v) is 4.89. The zero-order chi connectivity index (χ0) is 13.0. The first-order valence-electron chi connectivity index (χ1n) is 6.05. The van der Waals surface area contributed by atoms with E-state index in [4.69, 9.17) is 11.6 Å². The summed E-state index contributed by atoms with van der Waals surface area (Å²) in [4.78, 5) is 4.03. The van der Waals surface area contributed by atoms with Crippen LogP contribution in [0.5, 0.6) is 0 Å². The maximum absolute atomic E-state index is 5.95. The Balaban J connectivity index is 1.99. The molecule has 2 aromatic rings. The van der Waals surface area contributed by atoms with Gasteiger partial charge in [-0.3, -0.25) is 4.98 Å². The lowest BCUT2D eigenvalue weighted by molar-refractivity contribution is 0.573. The quantitative estimate of drug-likeness (QED) is 0.902. The molecule has 94 valence electrons. The Bertz CT molecular complexity index is 511. The van der Waals surface area contributed by atoms with Crippen LogP contribution in [0.1, 0.15) is 29.7 Å². The van der Waals surface area contributed by atoms with E-state index in [9.17, 15) is 0 Å². The van der Waals surface area contributed by atoms with E-state index in [1.807, 2.05) is 36.7 Å². The first-order valence-corrected chi connectivity index (χ1v) is 6.43. The Kier molecular flexibility index (Phi) is 4.34. The van der Waals surface area contributed by atoms with Crippen LogP contribution >= 0.6 is 11.6 Å². The highest BCUT2D eigenvalue weighted by Gasteiger charge is 2.05. The summed E-state index contributed by atoms with van der Waals surface area (Å²) in [5, 5.41) is 4.29. The van der Waals surface area contributed by atoms with E-state index in [1.165, 1.54) is 16.7 Å². The van der Waals surface area contributed by atoms with Gasteiger partial charge in [0.2, 0.25) is 0 Å². The van der Waals surface area contributed by atoms with Crippen molar-refractivity contribution >= 4 is 11.6 Å². The van der Waals surface area contributed by atoms with E-state index in [0.29, 0.717) is 6.04 Å². The molecule has 0 saturated carbocycles. The number of nitrogens with zero attached hydrogens (tertiary/aromatic N) is 1. The van der Waals surface area contributed by atoms with Crippen molar-refractivity contribution in [2.24, 2.45) is 0 Å². The number of pyridine rings is 1. The van der Waals surface area contributed by atoms with Crippen molar-refractivity contribution in [3.63, 3.8) is 0 Å². The van der Waals surface area contributed by atoms with E-state index in [0.717, 1.165) is 11.6 Å². The largest absolute Gasteiger partial charge is 0.306 e. The van der Waals surface area contributed by atoms with Gasteiger partial charge in [-0.2, -0.15) is 0 Å². The second kappa shape index (κ2) is 5.98. The molecule has 1 unspecified atom stereocenters. The van der Waals surface area contributed by atoms with Crippen molar-refractivity contribution in [1.29, 1.82) is 0 Å². The molecule has 1 N–H and O–H groups in total. The monoisotopic (exact) mass is 260 g/mol. The number of rotatable bonds is 4. The van der Waals surface area contributed by atoms with Crippen LogP contribution in [0.25, 0.3) is 0 Å². The maximum Gasteiger partial charge on any atom is 0.0408 e. The van der Waals surface area contributed by atoms with E-state index in [1.54, 1.807) is 0 Å². The Morgan fingerprint density at radius 1 is 1.22 bits per heavy atom. The Labute approximate surface area is 113 Å². The number of benzene rings is 1. The normalized spacial score (nSPS) is 12.4. The maximum atomic E-state index is 5.95. The minimum absolute atomic E-state index is 0.308. The van der Waals surface area contributed by atoms with Crippen LogP contribution in [0.15, 0.2) is 42.7 Å². The van der Waals surface area contributed by atoms with E-state index >= 15 is 0 Å². The fourth-order valence-electron chi connectivity index (χ4n) is 1.89. The molecule has 0 aliphatic heterocycles. The third-order valence-electron chi connectivity index (χ3n) is 3.11. The van der Waals surface area contributed by atoms with Crippen LogP contribution < -0.4 is 5.32 Å². The molecule has 0 aliphatic rings. The molecule has 0 spiro atoms. The number of aromatic nitrogens is 1. The third-order valence-corrected chi connectivity index (χ3v) is 3.34. The van der Waals surface area contributed by atoms with Crippen molar-refractivity contribution in [3.05, 3.63) is 64.4 Å². The summed E-state index contributed by atoms with van der Waals surface area (Å²) in [6.07, 6.45) is 3.64. The highest BCUT2D eigenvalue weighted by molar-refractivity contribution is 6.30. The van der Waals surface area contributed by atoms with E-state index < -0.39 is 0 Å². The molecule has 3 heteroatoms. The number of nitrogens with one attached hydrogen (secondary N) is 1. The van der Waals surface area contributed by atoms with E-state index in [-0.39, 0.29) is 0 Å². The third kappa shape index (κ3) is 3.31. The van der Waals surface area contributed by atoms with Crippen LogP contribution in [0.4, 0.5) is 0 Å². The second-order valence-electron chi connectivity index (χ2n) is 4.45. The summed E-state index contributed by atoms with van der Waals surface area (Å²) in [5.41, 5.74) is 3.74. The Morgan fingerprint density at radius 2 is 1.94 bits per heavy atom. The first-order chi connectivity index (χ1) is 8.66. The average Bonchev–Trinajstić information content (AvgIpc) is 2.38. The van der Waals surface area contributed by atoms with Crippen molar-refractivity contribution in [2.75, 3.05) is 0 Å². The fourth-order valence-corrected chi connectivity index (χ4v) is 2.12. The summed E-state index contributed by atoms with van der Waals surface area (Å²) >= 11 is 5.95. The average molecular weight is 261 g/mol. The highest BCUT2D eigenvalue weighted by atomic mass is 35.5. The highest BCUT2D eigenvalue weighted by Crippen LogP contribution is 2.17. The number of aryl methyl sites for hydroxylation is 1. The van der Waals surface area contributed by atoms with Gasteiger partial charge in [-0.25, -0.2) is 0 Å². The van der Waals surface area contributed by atoms with Gasteiger partial charge >= 0.3 is 0 Å². The van der Waals surface area contributed by atoms with Crippen LogP contribution in [0, 0.1) is 6.92 Å². The lowest BCUT2D eigenvalue weighted by atomic mass is 10.1. The molecule has 1 heterocycles. The van der Waals surface area contributed by atoms with Gasteiger partial charge in [-0.15, -0.1) is 0 Å². The van der Waals surface area contributed by atoms with Crippen LogP contribution in [0.3, 0.4) is 0 Å². The molecule has 1 aromatic carbocycles. The van der Waals surface area contributed by atoms with Crippen molar-refractivity contribution in [2.45, 2.75) is 26.4 Å². The molecular weight excluding hydrogens is 244 g/mol. The summed E-state index contributed by atoms with van der Waals surface area (Å²) in [5.74, 6) is 0. The SMILES string of the molecule is Cc1cc(Cl)ccc1CNC(C)c1ccncc1. The van der Waals surface area contributed by atoms with Gasteiger partial charge in [-0.1, -0.05) is 17.7 Å². The first kappa shape index (κ1) is 13.1. The minimum Gasteiger partial charge on any atom is -0.306 e. The van der Waals surface area contributed by atoms with Gasteiger partial charge in [0.05, 0.1) is 0 Å². The van der Waals surface area contributed by atoms with Gasteiger partial charge in [0.25, 0.3) is 0 Å². The molecule has 0 bridgehead atoms. The number of halogens is 1. The molecule has 18 heavy (non-hydrogen) atoms. The van der Waals surface area contributed by atoms with Crippen LogP contribution in [-0.4, -0.2) is 4.98 Å². The Hall–Kier alpha value is -1.38.